The summed E-state index contributed by atoms with van der Waals surface area (Å²) < 4.78 is 25.0. The van der Waals surface area contributed by atoms with Crippen molar-refractivity contribution in [1.29, 1.82) is 0 Å². The van der Waals surface area contributed by atoms with Gasteiger partial charge in [-0.1, -0.05) is 24.3 Å². The van der Waals surface area contributed by atoms with E-state index in [9.17, 15) is 13.4 Å². The van der Waals surface area contributed by atoms with Crippen LogP contribution in [-0.2, 0) is 22.3 Å². The summed E-state index contributed by atoms with van der Waals surface area (Å²) >= 11 is 0. The second kappa shape index (κ2) is 6.43. The molecule has 0 aliphatic carbocycles. The first-order valence-corrected chi connectivity index (χ1v) is 7.45. The van der Waals surface area contributed by atoms with Gasteiger partial charge in [0.2, 0.25) is 0 Å². The Morgan fingerprint density at radius 3 is 2.25 bits per heavy atom. The lowest BCUT2D eigenvalue weighted by Crippen LogP contribution is -2.02. The highest BCUT2D eigenvalue weighted by molar-refractivity contribution is 7.83. The summed E-state index contributed by atoms with van der Waals surface area (Å²) in [5.41, 5.74) is 1.53. The highest BCUT2D eigenvalue weighted by Crippen LogP contribution is 2.12. The molecule has 2 rings (SSSR count). The van der Waals surface area contributed by atoms with Gasteiger partial charge in [-0.3, -0.25) is 4.21 Å². The van der Waals surface area contributed by atoms with E-state index in [-0.39, 0.29) is 22.9 Å². The first kappa shape index (κ1) is 14.4. The van der Waals surface area contributed by atoms with Crippen LogP contribution in [0.15, 0.2) is 48.5 Å². The van der Waals surface area contributed by atoms with Crippen LogP contribution in [0.1, 0.15) is 21.5 Å². The number of hydrogen-bond donors (Lipinski definition) is 1. The van der Waals surface area contributed by atoms with E-state index in [0.717, 1.165) is 0 Å². The summed E-state index contributed by atoms with van der Waals surface area (Å²) in [6, 6.07) is 12.3. The van der Waals surface area contributed by atoms with E-state index in [0.29, 0.717) is 11.1 Å². The predicted octanol–water partition coefficient (Wildman–Crippen LogP) is 2.97. The lowest BCUT2D eigenvalue weighted by Gasteiger charge is -2.04. The van der Waals surface area contributed by atoms with E-state index >= 15 is 0 Å². The van der Waals surface area contributed by atoms with Crippen molar-refractivity contribution in [3.05, 3.63) is 71.0 Å². The quantitative estimate of drug-likeness (QED) is 0.921. The summed E-state index contributed by atoms with van der Waals surface area (Å²) in [6.45, 7) is 0. The van der Waals surface area contributed by atoms with Crippen molar-refractivity contribution in [3.63, 3.8) is 0 Å². The molecule has 0 fully saturated rings. The third kappa shape index (κ3) is 3.99. The fraction of sp³-hybridized carbons (Fsp3) is 0.133. The van der Waals surface area contributed by atoms with Crippen LogP contribution in [0.5, 0.6) is 0 Å². The van der Waals surface area contributed by atoms with Gasteiger partial charge in [0.25, 0.3) is 0 Å². The van der Waals surface area contributed by atoms with Gasteiger partial charge in [-0.25, -0.2) is 9.18 Å². The number of rotatable bonds is 5. The molecule has 0 heterocycles. The Balaban J connectivity index is 2.04. The molecular weight excluding hydrogens is 279 g/mol. The summed E-state index contributed by atoms with van der Waals surface area (Å²) in [5.74, 6) is -0.873. The molecule has 1 atom stereocenters. The Bertz CT molecular complexity index is 655. The first-order chi connectivity index (χ1) is 9.54. The van der Waals surface area contributed by atoms with Crippen LogP contribution in [0.4, 0.5) is 4.39 Å². The van der Waals surface area contributed by atoms with Crippen LogP contribution in [0, 0.1) is 5.82 Å². The van der Waals surface area contributed by atoms with Crippen LogP contribution in [0.2, 0.25) is 0 Å². The zero-order valence-electron chi connectivity index (χ0n) is 10.6. The van der Waals surface area contributed by atoms with Gasteiger partial charge in [0.05, 0.1) is 5.56 Å². The number of benzene rings is 2. The van der Waals surface area contributed by atoms with Gasteiger partial charge in [0, 0.05) is 22.3 Å². The van der Waals surface area contributed by atoms with Gasteiger partial charge in [-0.05, 0) is 35.4 Å². The maximum atomic E-state index is 13.0. The lowest BCUT2D eigenvalue weighted by atomic mass is 10.1. The molecular formula is C15H13FO3S. The molecule has 1 N–H and O–H groups in total. The minimum absolute atomic E-state index is 0.172. The predicted molar refractivity (Wildman–Crippen MR) is 75.4 cm³/mol. The minimum atomic E-state index is -1.21. The van der Waals surface area contributed by atoms with Crippen molar-refractivity contribution in [2.75, 3.05) is 0 Å². The monoisotopic (exact) mass is 292 g/mol. The summed E-state index contributed by atoms with van der Waals surface area (Å²) in [7, 11) is -1.21. The van der Waals surface area contributed by atoms with E-state index in [1.807, 2.05) is 0 Å². The molecule has 0 radical (unpaired) electrons. The van der Waals surface area contributed by atoms with Crippen LogP contribution < -0.4 is 0 Å². The van der Waals surface area contributed by atoms with Crippen LogP contribution in [-0.4, -0.2) is 15.3 Å². The lowest BCUT2D eigenvalue weighted by molar-refractivity contribution is 0.0696. The Morgan fingerprint density at radius 1 is 1.05 bits per heavy atom. The van der Waals surface area contributed by atoms with Gasteiger partial charge >= 0.3 is 5.97 Å². The average molecular weight is 292 g/mol. The third-order valence-corrected chi connectivity index (χ3v) is 4.03. The van der Waals surface area contributed by atoms with E-state index in [2.05, 4.69) is 0 Å². The second-order valence-corrected chi connectivity index (χ2v) is 5.82. The van der Waals surface area contributed by atoms with Crippen molar-refractivity contribution in [1.82, 2.24) is 0 Å². The molecule has 0 aliphatic heterocycles. The minimum Gasteiger partial charge on any atom is -0.478 e. The smallest absolute Gasteiger partial charge is 0.335 e. The van der Waals surface area contributed by atoms with Gasteiger partial charge in [0.15, 0.2) is 0 Å². The number of carbonyl (C=O) groups is 1. The number of halogens is 1. The summed E-state index contributed by atoms with van der Waals surface area (Å²) in [6.07, 6.45) is 0. The Labute approximate surface area is 118 Å². The zero-order chi connectivity index (χ0) is 14.5. The first-order valence-electron chi connectivity index (χ1n) is 5.96. The van der Waals surface area contributed by atoms with Crippen LogP contribution in [0.25, 0.3) is 0 Å². The molecule has 0 aromatic heterocycles. The fourth-order valence-corrected chi connectivity index (χ4v) is 3.05. The SMILES string of the molecule is O=C(O)c1cccc(CS(=O)Cc2cccc(F)c2)c1. The second-order valence-electron chi connectivity index (χ2n) is 4.36. The molecule has 2 aromatic rings. The number of carboxylic acid groups (broad SMARTS) is 1. The Kier molecular flexibility index (Phi) is 4.63. The number of carboxylic acids is 1. The van der Waals surface area contributed by atoms with Gasteiger partial charge in [-0.2, -0.15) is 0 Å². The molecule has 1 unspecified atom stereocenters. The van der Waals surface area contributed by atoms with Crippen molar-refractivity contribution in [2.24, 2.45) is 0 Å². The summed E-state index contributed by atoms with van der Waals surface area (Å²) in [5, 5.41) is 8.89. The molecule has 20 heavy (non-hydrogen) atoms. The van der Waals surface area contributed by atoms with E-state index < -0.39 is 16.8 Å². The highest BCUT2D eigenvalue weighted by Gasteiger charge is 2.07. The number of hydrogen-bond acceptors (Lipinski definition) is 2. The zero-order valence-corrected chi connectivity index (χ0v) is 11.4. The van der Waals surface area contributed by atoms with Crippen molar-refractivity contribution < 1.29 is 18.5 Å². The number of aromatic carboxylic acids is 1. The summed E-state index contributed by atoms with van der Waals surface area (Å²) in [4.78, 5) is 10.8. The molecule has 2 aromatic carbocycles. The maximum absolute atomic E-state index is 13.0. The van der Waals surface area contributed by atoms with Crippen molar-refractivity contribution in [3.8, 4) is 0 Å². The average Bonchev–Trinajstić information content (AvgIpc) is 2.38. The molecule has 0 aliphatic rings. The maximum Gasteiger partial charge on any atom is 0.335 e. The third-order valence-electron chi connectivity index (χ3n) is 2.72. The molecule has 104 valence electrons. The van der Waals surface area contributed by atoms with Crippen molar-refractivity contribution in [2.45, 2.75) is 11.5 Å². The topological polar surface area (TPSA) is 54.4 Å². The van der Waals surface area contributed by atoms with Gasteiger partial charge in [0.1, 0.15) is 5.82 Å². The van der Waals surface area contributed by atoms with Gasteiger partial charge < -0.3 is 5.11 Å². The molecule has 0 spiro atoms. The molecule has 0 saturated heterocycles. The van der Waals surface area contributed by atoms with E-state index in [4.69, 9.17) is 5.11 Å². The molecule has 3 nitrogen and oxygen atoms in total. The van der Waals surface area contributed by atoms with Crippen molar-refractivity contribution >= 4 is 16.8 Å². The highest BCUT2D eigenvalue weighted by atomic mass is 32.2. The fourth-order valence-electron chi connectivity index (χ4n) is 1.84. The molecule has 0 saturated carbocycles. The largest absolute Gasteiger partial charge is 0.478 e. The standard InChI is InChI=1S/C15H13FO3S/c16-14-6-2-4-12(8-14)10-20(19)9-11-3-1-5-13(7-11)15(17)18/h1-8H,9-10H2,(H,17,18). The normalized spacial score (nSPS) is 12.1. The van der Waals surface area contributed by atoms with E-state index in [1.54, 1.807) is 24.3 Å². The van der Waals surface area contributed by atoms with Crippen LogP contribution in [0.3, 0.4) is 0 Å². The Hall–Kier alpha value is -2.01. The Morgan fingerprint density at radius 2 is 1.65 bits per heavy atom. The molecule has 0 bridgehead atoms. The van der Waals surface area contributed by atoms with E-state index in [1.165, 1.54) is 24.3 Å². The van der Waals surface area contributed by atoms with Gasteiger partial charge in [-0.15, -0.1) is 0 Å². The van der Waals surface area contributed by atoms with Crippen LogP contribution >= 0.6 is 0 Å². The molecule has 0 amide bonds. The molecule has 5 heteroatoms.